The standard InChI is InChI=1S/C27H24BrNO4/c1-2-33-22-13-11-19(12-14-22)25(30)23-24(20-9-6-10-21(28)17-20)29(27(32)26(23)31)16-15-18-7-4-3-5-8-18/h3-14,17,24,30H,2,15-16H2,1H3/b25-23+. The first-order valence-electron chi connectivity index (χ1n) is 10.8. The van der Waals surface area contributed by atoms with Gasteiger partial charge >= 0.3 is 0 Å². The number of aliphatic hydroxyl groups is 1. The molecule has 0 aliphatic carbocycles. The zero-order valence-electron chi connectivity index (χ0n) is 18.2. The molecule has 1 fully saturated rings. The molecule has 33 heavy (non-hydrogen) atoms. The van der Waals surface area contributed by atoms with Gasteiger partial charge in [0.05, 0.1) is 18.2 Å². The molecule has 4 rings (SSSR count). The molecule has 3 aromatic rings. The number of carbonyl (C=O) groups excluding carboxylic acids is 2. The minimum Gasteiger partial charge on any atom is -0.507 e. The first-order chi connectivity index (χ1) is 16.0. The van der Waals surface area contributed by atoms with Gasteiger partial charge in [-0.05, 0) is 60.9 Å². The van der Waals surface area contributed by atoms with Crippen LogP contribution in [0.3, 0.4) is 0 Å². The molecule has 0 radical (unpaired) electrons. The Bertz CT molecular complexity index is 1190. The van der Waals surface area contributed by atoms with Crippen LogP contribution in [-0.2, 0) is 16.0 Å². The monoisotopic (exact) mass is 505 g/mol. The van der Waals surface area contributed by atoms with Crippen molar-refractivity contribution in [2.45, 2.75) is 19.4 Å². The number of likely N-dealkylation sites (tertiary alicyclic amines) is 1. The summed E-state index contributed by atoms with van der Waals surface area (Å²) in [7, 11) is 0. The third-order valence-corrected chi connectivity index (χ3v) is 6.12. The quantitative estimate of drug-likeness (QED) is 0.261. The minimum absolute atomic E-state index is 0.0929. The molecule has 168 valence electrons. The molecule has 0 spiro atoms. The number of rotatable bonds is 7. The number of hydrogen-bond acceptors (Lipinski definition) is 4. The molecule has 3 aromatic carbocycles. The summed E-state index contributed by atoms with van der Waals surface area (Å²) in [6, 6.07) is 23.4. The van der Waals surface area contributed by atoms with Crippen LogP contribution >= 0.6 is 15.9 Å². The number of carbonyl (C=O) groups is 2. The van der Waals surface area contributed by atoms with Crippen LogP contribution in [0, 0.1) is 0 Å². The molecular weight excluding hydrogens is 482 g/mol. The lowest BCUT2D eigenvalue weighted by atomic mass is 9.95. The molecule has 1 N–H and O–H groups in total. The van der Waals surface area contributed by atoms with Crippen molar-refractivity contribution in [3.05, 3.63) is 106 Å². The summed E-state index contributed by atoms with van der Waals surface area (Å²) in [5.41, 5.74) is 2.37. The van der Waals surface area contributed by atoms with Gasteiger partial charge in [-0.25, -0.2) is 0 Å². The van der Waals surface area contributed by atoms with Crippen LogP contribution in [0.5, 0.6) is 5.75 Å². The van der Waals surface area contributed by atoms with Crippen molar-refractivity contribution in [3.63, 3.8) is 0 Å². The third-order valence-electron chi connectivity index (χ3n) is 5.63. The van der Waals surface area contributed by atoms with Gasteiger partial charge in [0.1, 0.15) is 11.5 Å². The highest BCUT2D eigenvalue weighted by Gasteiger charge is 2.45. The number of nitrogens with zero attached hydrogens (tertiary/aromatic N) is 1. The van der Waals surface area contributed by atoms with Crippen LogP contribution in [0.15, 0.2) is 88.9 Å². The SMILES string of the molecule is CCOc1ccc(/C(O)=C2\C(=O)C(=O)N(CCc3ccccc3)C2c2cccc(Br)c2)cc1. The number of halogens is 1. The summed E-state index contributed by atoms with van der Waals surface area (Å²) < 4.78 is 6.30. The van der Waals surface area contributed by atoms with Crippen molar-refractivity contribution in [3.8, 4) is 5.75 Å². The van der Waals surface area contributed by atoms with Crippen LogP contribution in [0.25, 0.3) is 5.76 Å². The Balaban J connectivity index is 1.76. The Kier molecular flexibility index (Phi) is 6.94. The second-order valence-electron chi connectivity index (χ2n) is 7.74. The van der Waals surface area contributed by atoms with E-state index in [0.29, 0.717) is 30.9 Å². The number of aliphatic hydroxyl groups excluding tert-OH is 1. The maximum atomic E-state index is 13.1. The highest BCUT2D eigenvalue weighted by molar-refractivity contribution is 9.10. The Labute approximate surface area is 201 Å². The summed E-state index contributed by atoms with van der Waals surface area (Å²) >= 11 is 3.48. The van der Waals surface area contributed by atoms with Gasteiger partial charge in [0, 0.05) is 16.6 Å². The molecule has 0 saturated carbocycles. The first-order valence-corrected chi connectivity index (χ1v) is 11.6. The fourth-order valence-corrected chi connectivity index (χ4v) is 4.48. The average Bonchev–Trinajstić information content (AvgIpc) is 3.08. The Hall–Kier alpha value is -3.38. The molecule has 1 unspecified atom stereocenters. The number of hydrogen-bond donors (Lipinski definition) is 1. The molecule has 1 saturated heterocycles. The molecular formula is C27H24BrNO4. The van der Waals surface area contributed by atoms with E-state index in [4.69, 9.17) is 4.74 Å². The van der Waals surface area contributed by atoms with Crippen molar-refractivity contribution in [1.82, 2.24) is 4.90 Å². The number of benzene rings is 3. The lowest BCUT2D eigenvalue weighted by molar-refractivity contribution is -0.139. The van der Waals surface area contributed by atoms with E-state index < -0.39 is 17.7 Å². The first kappa shape index (κ1) is 22.8. The van der Waals surface area contributed by atoms with Crippen LogP contribution in [0.1, 0.15) is 29.7 Å². The number of ketones is 1. The smallest absolute Gasteiger partial charge is 0.295 e. The van der Waals surface area contributed by atoms with Crippen molar-refractivity contribution < 1.29 is 19.4 Å². The molecule has 1 amide bonds. The second kappa shape index (κ2) is 10.0. The van der Waals surface area contributed by atoms with E-state index in [9.17, 15) is 14.7 Å². The summed E-state index contributed by atoms with van der Waals surface area (Å²) in [5, 5.41) is 11.2. The lowest BCUT2D eigenvalue weighted by Crippen LogP contribution is -2.31. The summed E-state index contributed by atoms with van der Waals surface area (Å²) in [6.07, 6.45) is 0.599. The summed E-state index contributed by atoms with van der Waals surface area (Å²) in [4.78, 5) is 27.8. The van der Waals surface area contributed by atoms with E-state index in [1.165, 1.54) is 0 Å². The number of Topliss-reactive ketones (excluding diaryl/α,β-unsaturated/α-hetero) is 1. The Morgan fingerprint density at radius 1 is 1.00 bits per heavy atom. The predicted octanol–water partition coefficient (Wildman–Crippen LogP) is 5.51. The molecule has 0 bridgehead atoms. The largest absolute Gasteiger partial charge is 0.507 e. The van der Waals surface area contributed by atoms with Crippen LogP contribution in [0.2, 0.25) is 0 Å². The van der Waals surface area contributed by atoms with E-state index in [1.54, 1.807) is 29.2 Å². The van der Waals surface area contributed by atoms with Gasteiger partial charge in [0.25, 0.3) is 11.7 Å². The minimum atomic E-state index is -0.683. The Morgan fingerprint density at radius 2 is 1.73 bits per heavy atom. The van der Waals surface area contributed by atoms with Gasteiger partial charge in [0.15, 0.2) is 0 Å². The number of amides is 1. The maximum Gasteiger partial charge on any atom is 0.295 e. The van der Waals surface area contributed by atoms with Crippen LogP contribution < -0.4 is 4.74 Å². The fraction of sp³-hybridized carbons (Fsp3) is 0.185. The van der Waals surface area contributed by atoms with E-state index in [-0.39, 0.29) is 11.3 Å². The second-order valence-corrected chi connectivity index (χ2v) is 8.66. The van der Waals surface area contributed by atoms with Gasteiger partial charge in [-0.2, -0.15) is 0 Å². The normalized spacial score (nSPS) is 17.4. The van der Waals surface area contributed by atoms with Crippen LogP contribution in [0.4, 0.5) is 0 Å². The molecule has 1 aliphatic rings. The highest BCUT2D eigenvalue weighted by Crippen LogP contribution is 2.40. The summed E-state index contributed by atoms with van der Waals surface area (Å²) in [6.45, 7) is 2.77. The number of ether oxygens (including phenoxy) is 1. The van der Waals surface area contributed by atoms with Crippen molar-refractivity contribution in [1.29, 1.82) is 0 Å². The van der Waals surface area contributed by atoms with E-state index in [1.807, 2.05) is 61.5 Å². The van der Waals surface area contributed by atoms with Gasteiger partial charge < -0.3 is 14.7 Å². The zero-order chi connectivity index (χ0) is 23.4. The van der Waals surface area contributed by atoms with Crippen LogP contribution in [-0.4, -0.2) is 34.8 Å². The predicted molar refractivity (Wildman–Crippen MR) is 131 cm³/mol. The van der Waals surface area contributed by atoms with Gasteiger partial charge in [-0.1, -0.05) is 58.4 Å². The molecule has 6 heteroatoms. The average molecular weight is 506 g/mol. The van der Waals surface area contributed by atoms with Gasteiger partial charge in [-0.15, -0.1) is 0 Å². The maximum absolute atomic E-state index is 13.1. The Morgan fingerprint density at radius 3 is 2.39 bits per heavy atom. The van der Waals surface area contributed by atoms with Gasteiger partial charge in [-0.3, -0.25) is 9.59 Å². The molecule has 5 nitrogen and oxygen atoms in total. The summed E-state index contributed by atoms with van der Waals surface area (Å²) in [5.74, 6) is -0.813. The van der Waals surface area contributed by atoms with Crippen molar-refractivity contribution >= 4 is 33.4 Å². The molecule has 1 heterocycles. The van der Waals surface area contributed by atoms with Crippen molar-refractivity contribution in [2.24, 2.45) is 0 Å². The van der Waals surface area contributed by atoms with E-state index in [2.05, 4.69) is 15.9 Å². The lowest BCUT2D eigenvalue weighted by Gasteiger charge is -2.25. The topological polar surface area (TPSA) is 66.8 Å². The van der Waals surface area contributed by atoms with Gasteiger partial charge in [0.2, 0.25) is 0 Å². The van der Waals surface area contributed by atoms with E-state index in [0.717, 1.165) is 15.6 Å². The highest BCUT2D eigenvalue weighted by atomic mass is 79.9. The molecule has 0 aromatic heterocycles. The third kappa shape index (κ3) is 4.86. The van der Waals surface area contributed by atoms with E-state index >= 15 is 0 Å². The van der Waals surface area contributed by atoms with Crippen molar-refractivity contribution in [2.75, 3.05) is 13.2 Å². The fourth-order valence-electron chi connectivity index (χ4n) is 4.06. The molecule has 1 aliphatic heterocycles. The molecule has 1 atom stereocenters. The zero-order valence-corrected chi connectivity index (χ0v) is 19.8.